The van der Waals surface area contributed by atoms with Crippen LogP contribution in [0.3, 0.4) is 0 Å². The van der Waals surface area contributed by atoms with Gasteiger partial charge in [0.2, 0.25) is 0 Å². The first-order valence-corrected chi connectivity index (χ1v) is 5.82. The molecule has 14 heavy (non-hydrogen) atoms. The zero-order chi connectivity index (χ0) is 10.4. The zero-order valence-electron chi connectivity index (χ0n) is 9.69. The largest absolute Gasteiger partial charge is 0.282 e. The second kappa shape index (κ2) is 5.84. The Kier molecular flexibility index (Phi) is 4.71. The van der Waals surface area contributed by atoms with E-state index in [1.165, 1.54) is 49.1 Å². The van der Waals surface area contributed by atoms with Crippen LogP contribution in [-0.2, 0) is 12.8 Å². The highest BCUT2D eigenvalue weighted by Crippen LogP contribution is 2.15. The average Bonchev–Trinajstić information content (AvgIpc) is 2.53. The molecule has 0 saturated carbocycles. The number of aromatic nitrogens is 2. The minimum absolute atomic E-state index is 1.14. The summed E-state index contributed by atoms with van der Waals surface area (Å²) >= 11 is 0. The highest BCUT2D eigenvalue weighted by Gasteiger charge is 2.08. The molecule has 1 heterocycles. The Morgan fingerprint density at radius 2 is 1.71 bits per heavy atom. The molecule has 0 fully saturated rings. The molecule has 0 spiro atoms. The standard InChI is InChI=1S/C12H22N2/c1-4-6-8-11-10(3)13-14-12(11)9-7-5-2/h4-9H2,1-3H3,(H,13,14). The van der Waals surface area contributed by atoms with E-state index in [0.717, 1.165) is 6.42 Å². The van der Waals surface area contributed by atoms with Crippen LogP contribution in [0.5, 0.6) is 0 Å². The van der Waals surface area contributed by atoms with Gasteiger partial charge in [0.1, 0.15) is 0 Å². The minimum Gasteiger partial charge on any atom is -0.282 e. The molecule has 0 aromatic carbocycles. The van der Waals surface area contributed by atoms with Gasteiger partial charge in [-0.15, -0.1) is 0 Å². The Morgan fingerprint density at radius 1 is 1.07 bits per heavy atom. The topological polar surface area (TPSA) is 28.7 Å². The molecular formula is C12H22N2. The van der Waals surface area contributed by atoms with E-state index >= 15 is 0 Å². The zero-order valence-corrected chi connectivity index (χ0v) is 9.69. The van der Waals surface area contributed by atoms with Crippen molar-refractivity contribution in [1.29, 1.82) is 0 Å². The van der Waals surface area contributed by atoms with Gasteiger partial charge in [-0.05, 0) is 38.2 Å². The van der Waals surface area contributed by atoms with E-state index in [2.05, 4.69) is 31.0 Å². The van der Waals surface area contributed by atoms with E-state index < -0.39 is 0 Å². The summed E-state index contributed by atoms with van der Waals surface area (Å²) in [7, 11) is 0. The van der Waals surface area contributed by atoms with Crippen molar-refractivity contribution in [3.05, 3.63) is 17.0 Å². The van der Waals surface area contributed by atoms with E-state index in [1.807, 2.05) is 0 Å². The fourth-order valence-electron chi connectivity index (χ4n) is 1.74. The van der Waals surface area contributed by atoms with Gasteiger partial charge in [0.05, 0.1) is 5.69 Å². The second-order valence-corrected chi connectivity index (χ2v) is 3.98. The lowest BCUT2D eigenvalue weighted by Gasteiger charge is -2.01. The molecule has 1 N–H and O–H groups in total. The highest BCUT2D eigenvalue weighted by atomic mass is 15.1. The lowest BCUT2D eigenvalue weighted by atomic mass is 10.0. The Morgan fingerprint density at radius 3 is 2.36 bits per heavy atom. The summed E-state index contributed by atoms with van der Waals surface area (Å²) < 4.78 is 0. The third kappa shape index (κ3) is 2.86. The highest BCUT2D eigenvalue weighted by molar-refractivity contribution is 5.24. The van der Waals surface area contributed by atoms with Crippen molar-refractivity contribution < 1.29 is 0 Å². The van der Waals surface area contributed by atoms with Gasteiger partial charge in [-0.1, -0.05) is 26.7 Å². The molecule has 0 aliphatic heterocycles. The molecule has 2 nitrogen and oxygen atoms in total. The number of aryl methyl sites for hydroxylation is 2. The van der Waals surface area contributed by atoms with Crippen molar-refractivity contribution in [3.63, 3.8) is 0 Å². The first-order chi connectivity index (χ1) is 6.79. The molecule has 0 aliphatic rings. The first-order valence-electron chi connectivity index (χ1n) is 5.82. The van der Waals surface area contributed by atoms with E-state index in [9.17, 15) is 0 Å². The van der Waals surface area contributed by atoms with Crippen LogP contribution in [0.15, 0.2) is 0 Å². The monoisotopic (exact) mass is 194 g/mol. The molecule has 2 heteroatoms. The summed E-state index contributed by atoms with van der Waals surface area (Å²) in [4.78, 5) is 0. The lowest BCUT2D eigenvalue weighted by molar-refractivity contribution is 0.746. The van der Waals surface area contributed by atoms with Crippen LogP contribution >= 0.6 is 0 Å². The maximum Gasteiger partial charge on any atom is 0.0656 e. The Hall–Kier alpha value is -0.790. The molecule has 0 bridgehead atoms. The Balaban J connectivity index is 2.62. The number of rotatable bonds is 6. The van der Waals surface area contributed by atoms with Gasteiger partial charge in [-0.25, -0.2) is 0 Å². The van der Waals surface area contributed by atoms with Crippen molar-refractivity contribution in [1.82, 2.24) is 10.2 Å². The summed E-state index contributed by atoms with van der Waals surface area (Å²) in [5.74, 6) is 0. The molecule has 0 saturated heterocycles. The summed E-state index contributed by atoms with van der Waals surface area (Å²) in [6.07, 6.45) is 7.37. The maximum absolute atomic E-state index is 4.38. The van der Waals surface area contributed by atoms with Gasteiger partial charge in [-0.2, -0.15) is 5.10 Å². The number of aromatic amines is 1. The summed E-state index contributed by atoms with van der Waals surface area (Å²) in [5, 5.41) is 7.49. The SMILES string of the molecule is CCCCc1n[nH]c(C)c1CCCC. The normalized spacial score (nSPS) is 10.8. The number of unbranched alkanes of at least 4 members (excludes halogenated alkanes) is 2. The molecule has 1 aromatic heterocycles. The molecule has 1 aromatic rings. The van der Waals surface area contributed by atoms with E-state index in [-0.39, 0.29) is 0 Å². The third-order valence-corrected chi connectivity index (χ3v) is 2.71. The predicted molar refractivity (Wildman–Crippen MR) is 60.5 cm³/mol. The molecule has 0 aliphatic carbocycles. The summed E-state index contributed by atoms with van der Waals surface area (Å²) in [6.45, 7) is 6.60. The van der Waals surface area contributed by atoms with Crippen LogP contribution in [-0.4, -0.2) is 10.2 Å². The Labute approximate surface area is 87.1 Å². The van der Waals surface area contributed by atoms with Gasteiger partial charge >= 0.3 is 0 Å². The van der Waals surface area contributed by atoms with E-state index in [1.54, 1.807) is 0 Å². The maximum atomic E-state index is 4.38. The fraction of sp³-hybridized carbons (Fsp3) is 0.750. The molecule has 0 atom stereocenters. The summed E-state index contributed by atoms with van der Waals surface area (Å²) in [5.41, 5.74) is 4.04. The van der Waals surface area contributed by atoms with Gasteiger partial charge < -0.3 is 0 Å². The number of nitrogens with one attached hydrogen (secondary N) is 1. The molecule has 0 unspecified atom stereocenters. The van der Waals surface area contributed by atoms with Gasteiger partial charge in [0.15, 0.2) is 0 Å². The lowest BCUT2D eigenvalue weighted by Crippen LogP contribution is -1.93. The van der Waals surface area contributed by atoms with Crippen LogP contribution in [0.4, 0.5) is 0 Å². The summed E-state index contributed by atoms with van der Waals surface area (Å²) in [6, 6.07) is 0. The van der Waals surface area contributed by atoms with Crippen LogP contribution in [0.1, 0.15) is 56.5 Å². The second-order valence-electron chi connectivity index (χ2n) is 3.98. The van der Waals surface area contributed by atoms with Gasteiger partial charge in [-0.3, -0.25) is 5.10 Å². The quantitative estimate of drug-likeness (QED) is 0.738. The van der Waals surface area contributed by atoms with Crippen LogP contribution in [0.25, 0.3) is 0 Å². The number of hydrogen-bond acceptors (Lipinski definition) is 1. The van der Waals surface area contributed by atoms with E-state index in [4.69, 9.17) is 0 Å². The molecule has 1 rings (SSSR count). The molecular weight excluding hydrogens is 172 g/mol. The van der Waals surface area contributed by atoms with Crippen LogP contribution in [0, 0.1) is 6.92 Å². The molecule has 80 valence electrons. The first kappa shape index (κ1) is 11.3. The fourth-order valence-corrected chi connectivity index (χ4v) is 1.74. The number of H-pyrrole nitrogens is 1. The third-order valence-electron chi connectivity index (χ3n) is 2.71. The van der Waals surface area contributed by atoms with Crippen LogP contribution < -0.4 is 0 Å². The number of hydrogen-bond donors (Lipinski definition) is 1. The minimum atomic E-state index is 1.14. The van der Waals surface area contributed by atoms with Crippen molar-refractivity contribution in [2.24, 2.45) is 0 Å². The smallest absolute Gasteiger partial charge is 0.0656 e. The van der Waals surface area contributed by atoms with Crippen molar-refractivity contribution in [2.75, 3.05) is 0 Å². The predicted octanol–water partition coefficient (Wildman–Crippen LogP) is 3.40. The van der Waals surface area contributed by atoms with Crippen molar-refractivity contribution in [3.8, 4) is 0 Å². The van der Waals surface area contributed by atoms with Crippen LogP contribution in [0.2, 0.25) is 0 Å². The van der Waals surface area contributed by atoms with Crippen molar-refractivity contribution >= 4 is 0 Å². The molecule has 0 amide bonds. The van der Waals surface area contributed by atoms with Crippen molar-refractivity contribution in [2.45, 2.75) is 59.3 Å². The van der Waals surface area contributed by atoms with Gasteiger partial charge in [0.25, 0.3) is 0 Å². The number of nitrogens with zero attached hydrogens (tertiary/aromatic N) is 1. The average molecular weight is 194 g/mol. The Bertz CT molecular complexity index is 263. The van der Waals surface area contributed by atoms with E-state index in [0.29, 0.717) is 0 Å². The molecule has 0 radical (unpaired) electrons. The van der Waals surface area contributed by atoms with Gasteiger partial charge in [0, 0.05) is 5.69 Å².